The summed E-state index contributed by atoms with van der Waals surface area (Å²) in [5.74, 6) is 0.739. The van der Waals surface area contributed by atoms with Gasteiger partial charge >= 0.3 is 0 Å². The van der Waals surface area contributed by atoms with Crippen molar-refractivity contribution in [3.63, 3.8) is 0 Å². The van der Waals surface area contributed by atoms with Gasteiger partial charge in [0.2, 0.25) is 5.91 Å². The van der Waals surface area contributed by atoms with Crippen LogP contribution in [0.15, 0.2) is 17.5 Å². The Bertz CT molecular complexity index is 474. The number of piperidine rings is 1. The van der Waals surface area contributed by atoms with E-state index in [1.54, 1.807) is 6.07 Å². The molecule has 0 aromatic carbocycles. The summed E-state index contributed by atoms with van der Waals surface area (Å²) in [5.41, 5.74) is 0. The van der Waals surface area contributed by atoms with Crippen molar-refractivity contribution < 1.29 is 9.59 Å². The number of rotatable bonds is 7. The van der Waals surface area contributed by atoms with Gasteiger partial charge < -0.3 is 15.5 Å². The zero-order valence-corrected chi connectivity index (χ0v) is 15.2. The van der Waals surface area contributed by atoms with Crippen LogP contribution in [0.5, 0.6) is 0 Å². The Morgan fingerprint density at radius 3 is 2.70 bits per heavy atom. The van der Waals surface area contributed by atoms with Crippen molar-refractivity contribution in [3.05, 3.63) is 22.4 Å². The number of nitrogens with one attached hydrogen (secondary N) is 2. The van der Waals surface area contributed by atoms with Gasteiger partial charge in [0.1, 0.15) is 0 Å². The lowest BCUT2D eigenvalue weighted by atomic mass is 9.96. The number of hydrogen-bond donors (Lipinski definition) is 2. The molecular formula is C16H26ClN3O2S. The maximum absolute atomic E-state index is 12.1. The highest BCUT2D eigenvalue weighted by atomic mass is 35.5. The summed E-state index contributed by atoms with van der Waals surface area (Å²) in [5, 5.41) is 8.05. The van der Waals surface area contributed by atoms with Crippen LogP contribution in [0.3, 0.4) is 0 Å². The summed E-state index contributed by atoms with van der Waals surface area (Å²) >= 11 is 1.41. The minimum Gasteiger partial charge on any atom is -0.351 e. The number of thiophene rings is 1. The van der Waals surface area contributed by atoms with E-state index in [1.165, 1.54) is 11.3 Å². The highest BCUT2D eigenvalue weighted by Crippen LogP contribution is 2.17. The number of likely N-dealkylation sites (tertiary alicyclic amines) is 1. The lowest BCUT2D eigenvalue weighted by Crippen LogP contribution is -2.41. The average molecular weight is 360 g/mol. The molecule has 1 fully saturated rings. The molecule has 2 heterocycles. The Hall–Kier alpha value is -1.11. The van der Waals surface area contributed by atoms with E-state index in [2.05, 4.69) is 17.6 Å². The summed E-state index contributed by atoms with van der Waals surface area (Å²) in [6.07, 6.45) is 2.52. The van der Waals surface area contributed by atoms with Crippen LogP contribution in [0.2, 0.25) is 0 Å². The number of carbonyl (C=O) groups is 2. The third-order valence-corrected chi connectivity index (χ3v) is 4.89. The van der Waals surface area contributed by atoms with Crippen molar-refractivity contribution >= 4 is 35.6 Å². The number of amides is 2. The monoisotopic (exact) mass is 359 g/mol. The van der Waals surface area contributed by atoms with Crippen molar-refractivity contribution in [3.8, 4) is 0 Å². The molecule has 1 saturated heterocycles. The topological polar surface area (TPSA) is 61.4 Å². The van der Waals surface area contributed by atoms with E-state index in [1.807, 2.05) is 16.3 Å². The van der Waals surface area contributed by atoms with Gasteiger partial charge in [0, 0.05) is 26.1 Å². The summed E-state index contributed by atoms with van der Waals surface area (Å²) in [7, 11) is 0. The smallest absolute Gasteiger partial charge is 0.261 e. The normalized spacial score (nSPS) is 15.1. The third-order valence-electron chi connectivity index (χ3n) is 4.02. The predicted molar refractivity (Wildman–Crippen MR) is 96.4 cm³/mol. The number of nitrogens with zero attached hydrogens (tertiary/aromatic N) is 1. The molecule has 0 unspecified atom stereocenters. The lowest BCUT2D eigenvalue weighted by molar-refractivity contribution is -0.132. The molecule has 0 bridgehead atoms. The Balaban J connectivity index is 0.00000264. The Morgan fingerprint density at radius 1 is 1.35 bits per heavy atom. The van der Waals surface area contributed by atoms with E-state index in [0.29, 0.717) is 23.8 Å². The second-order valence-corrected chi connectivity index (χ2v) is 6.56. The molecular weight excluding hydrogens is 334 g/mol. The highest BCUT2D eigenvalue weighted by molar-refractivity contribution is 7.12. The van der Waals surface area contributed by atoms with Crippen LogP contribution in [-0.2, 0) is 4.79 Å². The first-order chi connectivity index (χ1) is 10.7. The second-order valence-electron chi connectivity index (χ2n) is 5.62. The Morgan fingerprint density at radius 2 is 2.09 bits per heavy atom. The van der Waals surface area contributed by atoms with E-state index in [9.17, 15) is 9.59 Å². The van der Waals surface area contributed by atoms with E-state index in [0.717, 1.165) is 39.0 Å². The van der Waals surface area contributed by atoms with Gasteiger partial charge in [0.05, 0.1) is 4.88 Å². The molecule has 0 spiro atoms. The molecule has 2 N–H and O–H groups in total. The van der Waals surface area contributed by atoms with Crippen molar-refractivity contribution in [1.29, 1.82) is 0 Å². The van der Waals surface area contributed by atoms with Crippen LogP contribution in [-0.4, -0.2) is 49.4 Å². The first kappa shape index (κ1) is 19.9. The molecule has 0 saturated carbocycles. The molecule has 5 nitrogen and oxygen atoms in total. The van der Waals surface area contributed by atoms with Crippen molar-refractivity contribution in [2.75, 3.05) is 32.7 Å². The quantitative estimate of drug-likeness (QED) is 0.784. The van der Waals surface area contributed by atoms with Gasteiger partial charge in [0.25, 0.3) is 5.91 Å². The van der Waals surface area contributed by atoms with E-state index < -0.39 is 0 Å². The van der Waals surface area contributed by atoms with Crippen LogP contribution in [0, 0.1) is 5.92 Å². The van der Waals surface area contributed by atoms with Crippen LogP contribution < -0.4 is 10.6 Å². The number of carbonyl (C=O) groups excluding carboxylic acids is 2. The van der Waals surface area contributed by atoms with Crippen molar-refractivity contribution in [2.45, 2.75) is 26.2 Å². The van der Waals surface area contributed by atoms with Crippen LogP contribution in [0.25, 0.3) is 0 Å². The second kappa shape index (κ2) is 10.6. The van der Waals surface area contributed by atoms with Crippen molar-refractivity contribution in [1.82, 2.24) is 15.5 Å². The molecule has 7 heteroatoms. The van der Waals surface area contributed by atoms with E-state index in [4.69, 9.17) is 0 Å². The first-order valence-electron chi connectivity index (χ1n) is 8.01. The molecule has 1 aromatic heterocycles. The van der Waals surface area contributed by atoms with Gasteiger partial charge in [-0.3, -0.25) is 9.59 Å². The van der Waals surface area contributed by atoms with Crippen LogP contribution >= 0.6 is 23.7 Å². The van der Waals surface area contributed by atoms with Crippen LogP contribution in [0.1, 0.15) is 35.9 Å². The van der Waals surface area contributed by atoms with E-state index >= 15 is 0 Å². The molecule has 0 radical (unpaired) electrons. The predicted octanol–water partition coefficient (Wildman–Crippen LogP) is 2.14. The largest absolute Gasteiger partial charge is 0.351 e. The third kappa shape index (κ3) is 6.49. The molecule has 2 amide bonds. The maximum Gasteiger partial charge on any atom is 0.261 e. The fraction of sp³-hybridized carbons (Fsp3) is 0.625. The molecule has 130 valence electrons. The zero-order chi connectivity index (χ0) is 15.8. The average Bonchev–Trinajstić information content (AvgIpc) is 3.07. The molecule has 0 atom stereocenters. The molecule has 1 aromatic rings. The number of halogens is 1. The van der Waals surface area contributed by atoms with Gasteiger partial charge in [-0.15, -0.1) is 23.7 Å². The van der Waals surface area contributed by atoms with Gasteiger partial charge in [-0.25, -0.2) is 0 Å². The summed E-state index contributed by atoms with van der Waals surface area (Å²) in [6, 6.07) is 3.64. The summed E-state index contributed by atoms with van der Waals surface area (Å²) in [6.45, 7) is 6.26. The SMILES string of the molecule is CCNCC1CCN(C(=O)CCNC(=O)c2cccs2)CC1.Cl. The maximum atomic E-state index is 12.1. The summed E-state index contributed by atoms with van der Waals surface area (Å²) in [4.78, 5) is 26.5. The Kier molecular flexibility index (Phi) is 9.21. The lowest BCUT2D eigenvalue weighted by Gasteiger charge is -2.32. The molecule has 1 aliphatic heterocycles. The van der Waals surface area contributed by atoms with Gasteiger partial charge in [-0.1, -0.05) is 13.0 Å². The first-order valence-corrected chi connectivity index (χ1v) is 8.89. The van der Waals surface area contributed by atoms with E-state index in [-0.39, 0.29) is 24.2 Å². The van der Waals surface area contributed by atoms with Crippen LogP contribution in [0.4, 0.5) is 0 Å². The fourth-order valence-corrected chi connectivity index (χ4v) is 3.31. The van der Waals surface area contributed by atoms with Gasteiger partial charge in [0.15, 0.2) is 0 Å². The highest BCUT2D eigenvalue weighted by Gasteiger charge is 2.22. The van der Waals surface area contributed by atoms with Gasteiger partial charge in [-0.2, -0.15) is 0 Å². The minimum absolute atomic E-state index is 0. The molecule has 0 aliphatic carbocycles. The van der Waals surface area contributed by atoms with Crippen molar-refractivity contribution in [2.24, 2.45) is 5.92 Å². The molecule has 1 aliphatic rings. The fourth-order valence-electron chi connectivity index (χ4n) is 2.67. The minimum atomic E-state index is -0.0906. The zero-order valence-electron chi connectivity index (χ0n) is 13.5. The number of hydrogen-bond acceptors (Lipinski definition) is 4. The Labute approximate surface area is 148 Å². The summed E-state index contributed by atoms with van der Waals surface area (Å²) < 4.78 is 0. The van der Waals surface area contributed by atoms with Gasteiger partial charge in [-0.05, 0) is 43.3 Å². The molecule has 23 heavy (non-hydrogen) atoms. The standard InChI is InChI=1S/C16H25N3O2S.ClH/c1-2-17-12-13-6-9-19(10-7-13)15(20)5-8-18-16(21)14-4-3-11-22-14;/h3-4,11,13,17H,2,5-10,12H2,1H3,(H,18,21);1H. The molecule has 2 rings (SSSR count).